The smallest absolute Gasteiger partial charge is 0.261 e. The molecular formula is C22H24N2O3. The van der Waals surface area contributed by atoms with Crippen molar-refractivity contribution < 1.29 is 14.4 Å². The summed E-state index contributed by atoms with van der Waals surface area (Å²) in [7, 11) is 0. The maximum Gasteiger partial charge on any atom is 0.261 e. The summed E-state index contributed by atoms with van der Waals surface area (Å²) < 4.78 is 0. The first-order valence-corrected chi connectivity index (χ1v) is 9.16. The van der Waals surface area contributed by atoms with Crippen molar-refractivity contribution in [3.05, 3.63) is 64.2 Å². The van der Waals surface area contributed by atoms with Gasteiger partial charge in [-0.2, -0.15) is 0 Å². The minimum Gasteiger partial charge on any atom is -0.322 e. The van der Waals surface area contributed by atoms with Crippen molar-refractivity contribution in [2.24, 2.45) is 5.92 Å². The highest BCUT2D eigenvalue weighted by molar-refractivity contribution is 6.22. The van der Waals surface area contributed by atoms with Gasteiger partial charge in [-0.15, -0.1) is 0 Å². The highest BCUT2D eigenvalue weighted by atomic mass is 16.2. The van der Waals surface area contributed by atoms with Crippen molar-refractivity contribution in [2.45, 2.75) is 34.1 Å². The van der Waals surface area contributed by atoms with Gasteiger partial charge >= 0.3 is 0 Å². The Morgan fingerprint density at radius 3 is 2.22 bits per heavy atom. The zero-order chi connectivity index (χ0) is 19.7. The third-order valence-electron chi connectivity index (χ3n) is 4.64. The van der Waals surface area contributed by atoms with Crippen LogP contribution in [0, 0.1) is 19.8 Å². The van der Waals surface area contributed by atoms with Gasteiger partial charge in [0.05, 0.1) is 11.1 Å². The highest BCUT2D eigenvalue weighted by Crippen LogP contribution is 2.25. The topological polar surface area (TPSA) is 66.5 Å². The molecule has 1 aliphatic heterocycles. The zero-order valence-electron chi connectivity index (χ0n) is 16.1. The fourth-order valence-corrected chi connectivity index (χ4v) is 3.27. The lowest BCUT2D eigenvalue weighted by Crippen LogP contribution is -2.31. The number of amides is 3. The highest BCUT2D eigenvalue weighted by Gasteiger charge is 2.35. The molecule has 1 aliphatic rings. The molecule has 1 heterocycles. The second-order valence-corrected chi connectivity index (χ2v) is 7.54. The molecule has 0 spiro atoms. The molecular weight excluding hydrogens is 340 g/mol. The lowest BCUT2D eigenvalue weighted by Gasteiger charge is -2.14. The molecule has 0 bridgehead atoms. The summed E-state index contributed by atoms with van der Waals surface area (Å²) in [5.41, 5.74) is 3.85. The van der Waals surface area contributed by atoms with Crippen LogP contribution < -0.4 is 5.32 Å². The fourth-order valence-electron chi connectivity index (χ4n) is 3.27. The molecule has 5 nitrogen and oxygen atoms in total. The van der Waals surface area contributed by atoms with Crippen LogP contribution >= 0.6 is 0 Å². The van der Waals surface area contributed by atoms with E-state index in [9.17, 15) is 14.4 Å². The molecule has 3 amide bonds. The minimum absolute atomic E-state index is 0.281. The van der Waals surface area contributed by atoms with Crippen LogP contribution in [-0.4, -0.2) is 29.2 Å². The summed E-state index contributed by atoms with van der Waals surface area (Å²) >= 11 is 0. The standard InChI is InChI=1S/C22H24N2O3/c1-13(2)7-8-24-21(26)18-6-5-16(12-19(18)22(24)27)20(25)23-17-10-14(3)9-15(4)11-17/h5-6,9-13H,7-8H2,1-4H3,(H,23,25). The molecule has 0 aromatic heterocycles. The summed E-state index contributed by atoms with van der Waals surface area (Å²) in [5, 5.41) is 2.86. The lowest BCUT2D eigenvalue weighted by atomic mass is 10.0. The molecule has 140 valence electrons. The number of nitrogens with zero attached hydrogens (tertiary/aromatic N) is 1. The van der Waals surface area contributed by atoms with Crippen LogP contribution in [0.4, 0.5) is 5.69 Å². The Morgan fingerprint density at radius 1 is 0.963 bits per heavy atom. The van der Waals surface area contributed by atoms with Crippen molar-refractivity contribution in [3.8, 4) is 0 Å². The van der Waals surface area contributed by atoms with E-state index in [0.29, 0.717) is 34.8 Å². The molecule has 1 N–H and O–H groups in total. The Morgan fingerprint density at radius 2 is 1.59 bits per heavy atom. The average Bonchev–Trinajstić information content (AvgIpc) is 2.82. The number of imide groups is 1. The average molecular weight is 364 g/mol. The molecule has 0 unspecified atom stereocenters. The van der Waals surface area contributed by atoms with E-state index in [4.69, 9.17) is 0 Å². The molecule has 0 saturated carbocycles. The van der Waals surface area contributed by atoms with E-state index < -0.39 is 0 Å². The van der Waals surface area contributed by atoms with Crippen LogP contribution in [0.1, 0.15) is 62.5 Å². The van der Waals surface area contributed by atoms with Crippen LogP contribution in [0.25, 0.3) is 0 Å². The van der Waals surface area contributed by atoms with Gasteiger partial charge in [0.2, 0.25) is 0 Å². The molecule has 2 aromatic carbocycles. The predicted molar refractivity (Wildman–Crippen MR) is 105 cm³/mol. The summed E-state index contributed by atoms with van der Waals surface area (Å²) in [6.45, 7) is 8.43. The quantitative estimate of drug-likeness (QED) is 0.809. The number of rotatable bonds is 5. The largest absolute Gasteiger partial charge is 0.322 e. The first kappa shape index (κ1) is 18.8. The SMILES string of the molecule is Cc1cc(C)cc(NC(=O)c2ccc3c(c2)C(=O)N(CCC(C)C)C3=O)c1. The fraction of sp³-hybridized carbons (Fsp3) is 0.318. The molecule has 0 aliphatic carbocycles. The van der Waals surface area contributed by atoms with Crippen LogP contribution in [0.15, 0.2) is 36.4 Å². The molecule has 27 heavy (non-hydrogen) atoms. The second-order valence-electron chi connectivity index (χ2n) is 7.54. The Labute approximate surface area is 159 Å². The zero-order valence-corrected chi connectivity index (χ0v) is 16.1. The van der Waals surface area contributed by atoms with E-state index in [-0.39, 0.29) is 17.7 Å². The number of carbonyl (C=O) groups is 3. The third kappa shape index (κ3) is 3.92. The van der Waals surface area contributed by atoms with Crippen LogP contribution in [0.2, 0.25) is 0 Å². The van der Waals surface area contributed by atoms with E-state index in [1.165, 1.54) is 11.0 Å². The molecule has 0 saturated heterocycles. The number of aryl methyl sites for hydroxylation is 2. The molecule has 3 rings (SSSR count). The van der Waals surface area contributed by atoms with Crippen LogP contribution in [0.3, 0.4) is 0 Å². The number of benzene rings is 2. The van der Waals surface area contributed by atoms with Gasteiger partial charge in [-0.05, 0) is 67.6 Å². The van der Waals surface area contributed by atoms with E-state index in [1.54, 1.807) is 12.1 Å². The van der Waals surface area contributed by atoms with Gasteiger partial charge in [0.15, 0.2) is 0 Å². The van der Waals surface area contributed by atoms with Crippen LogP contribution in [-0.2, 0) is 0 Å². The summed E-state index contributed by atoms with van der Waals surface area (Å²) in [6.07, 6.45) is 0.755. The Bertz CT molecular complexity index is 911. The van der Waals surface area contributed by atoms with Gasteiger partial charge in [0.1, 0.15) is 0 Å². The van der Waals surface area contributed by atoms with E-state index in [2.05, 4.69) is 5.32 Å². The number of hydrogen-bond acceptors (Lipinski definition) is 3. The van der Waals surface area contributed by atoms with Crippen LogP contribution in [0.5, 0.6) is 0 Å². The van der Waals surface area contributed by atoms with Gasteiger partial charge < -0.3 is 5.32 Å². The summed E-state index contributed by atoms with van der Waals surface area (Å²) in [4.78, 5) is 39.0. The summed E-state index contributed by atoms with van der Waals surface area (Å²) in [6, 6.07) is 10.5. The van der Waals surface area contributed by atoms with Crippen molar-refractivity contribution in [1.82, 2.24) is 4.90 Å². The van der Waals surface area contributed by atoms with E-state index in [0.717, 1.165) is 17.5 Å². The molecule has 2 aromatic rings. The molecule has 0 radical (unpaired) electrons. The van der Waals surface area contributed by atoms with Crippen molar-refractivity contribution >= 4 is 23.4 Å². The first-order valence-electron chi connectivity index (χ1n) is 9.16. The van der Waals surface area contributed by atoms with Gasteiger partial charge in [-0.25, -0.2) is 0 Å². The first-order chi connectivity index (χ1) is 12.8. The Balaban J connectivity index is 1.82. The van der Waals surface area contributed by atoms with E-state index in [1.807, 2.05) is 45.9 Å². The van der Waals surface area contributed by atoms with Gasteiger partial charge in [-0.3, -0.25) is 19.3 Å². The lowest BCUT2D eigenvalue weighted by molar-refractivity contribution is 0.0647. The maximum absolute atomic E-state index is 12.6. The Kier molecular flexibility index (Phi) is 5.13. The van der Waals surface area contributed by atoms with Crippen molar-refractivity contribution in [3.63, 3.8) is 0 Å². The summed E-state index contributed by atoms with van der Waals surface area (Å²) in [5.74, 6) is -0.509. The second kappa shape index (κ2) is 7.35. The third-order valence-corrected chi connectivity index (χ3v) is 4.64. The number of anilines is 1. The predicted octanol–water partition coefficient (Wildman–Crippen LogP) is 4.20. The number of carbonyl (C=O) groups excluding carboxylic acids is 3. The van der Waals surface area contributed by atoms with Gasteiger partial charge in [0.25, 0.3) is 17.7 Å². The Hall–Kier alpha value is -2.95. The monoisotopic (exact) mass is 364 g/mol. The van der Waals surface area contributed by atoms with Crippen molar-refractivity contribution in [1.29, 1.82) is 0 Å². The number of nitrogens with one attached hydrogen (secondary N) is 1. The maximum atomic E-state index is 12.6. The van der Waals surface area contributed by atoms with Gasteiger partial charge in [0, 0.05) is 17.8 Å². The number of hydrogen-bond donors (Lipinski definition) is 1. The van der Waals surface area contributed by atoms with E-state index >= 15 is 0 Å². The molecule has 0 atom stereocenters. The normalized spacial score (nSPS) is 13.3. The minimum atomic E-state index is -0.322. The number of fused-ring (bicyclic) bond motifs is 1. The molecule has 0 fully saturated rings. The van der Waals surface area contributed by atoms with Crippen molar-refractivity contribution in [2.75, 3.05) is 11.9 Å². The van der Waals surface area contributed by atoms with Gasteiger partial charge in [-0.1, -0.05) is 19.9 Å². The molecule has 5 heteroatoms.